The second-order valence-electron chi connectivity index (χ2n) is 10.4. The lowest BCUT2D eigenvalue weighted by Crippen LogP contribution is -2.47. The first-order valence-corrected chi connectivity index (χ1v) is 13.5. The molecule has 2 heterocycles. The third kappa shape index (κ3) is 5.49. The fourth-order valence-electron chi connectivity index (χ4n) is 5.22. The molecule has 0 radical (unpaired) electrons. The van der Waals surface area contributed by atoms with Crippen LogP contribution in [0.4, 0.5) is 5.69 Å². The monoisotopic (exact) mass is 537 g/mol. The Morgan fingerprint density at radius 1 is 0.925 bits per heavy atom. The summed E-state index contributed by atoms with van der Waals surface area (Å²) in [6.07, 6.45) is 0. The molecular formula is C32H35N5O3. The standard InChI is InChI=1S/C32H35N5O3/c1-20-8-6-9-21(2)28(20)26-19-23(12-13-27(26)40-5)30-33-22(3)29(35-30)31(38)34-25-11-7-10-24(18-25)32(39)37-16-14-36(4)15-17-37/h6-13,18-19H,14-17H2,1-5H3,(H,33,35)(H,34,38). The SMILES string of the molecule is COc1ccc(-c2nc(C(=O)Nc3cccc(C(=O)N4CCN(C)CC4)c3)c(C)[nH]2)cc1-c1c(C)cccc1C. The lowest BCUT2D eigenvalue weighted by molar-refractivity contribution is 0.0664. The maximum atomic E-state index is 13.3. The normalized spacial score (nSPS) is 13.8. The highest BCUT2D eigenvalue weighted by Crippen LogP contribution is 2.37. The average Bonchev–Trinajstić information content (AvgIpc) is 3.35. The van der Waals surface area contributed by atoms with Crippen LogP contribution in [0, 0.1) is 20.8 Å². The number of aromatic nitrogens is 2. The predicted octanol–water partition coefficient (Wildman–Crippen LogP) is 5.32. The molecule has 1 aliphatic heterocycles. The number of piperazine rings is 1. The Hall–Kier alpha value is -4.43. The third-order valence-corrected chi connectivity index (χ3v) is 7.48. The number of aryl methyl sites for hydroxylation is 3. The highest BCUT2D eigenvalue weighted by Gasteiger charge is 2.22. The average molecular weight is 538 g/mol. The van der Waals surface area contributed by atoms with E-state index in [0.29, 0.717) is 41.6 Å². The molecule has 0 atom stereocenters. The number of likely N-dealkylation sites (N-methyl/N-ethyl adjacent to an activating group) is 1. The highest BCUT2D eigenvalue weighted by molar-refractivity contribution is 6.05. The fourth-order valence-corrected chi connectivity index (χ4v) is 5.22. The largest absolute Gasteiger partial charge is 0.496 e. The second kappa shape index (κ2) is 11.4. The van der Waals surface area contributed by atoms with Gasteiger partial charge in [-0.3, -0.25) is 9.59 Å². The molecule has 1 fully saturated rings. The van der Waals surface area contributed by atoms with Crippen LogP contribution in [0.1, 0.15) is 37.7 Å². The van der Waals surface area contributed by atoms with Crippen LogP contribution in [0.3, 0.4) is 0 Å². The van der Waals surface area contributed by atoms with E-state index in [0.717, 1.165) is 46.7 Å². The van der Waals surface area contributed by atoms with Gasteiger partial charge in [0.2, 0.25) is 0 Å². The number of hydrogen-bond donors (Lipinski definition) is 2. The van der Waals surface area contributed by atoms with E-state index >= 15 is 0 Å². The van der Waals surface area contributed by atoms with Gasteiger partial charge >= 0.3 is 0 Å². The van der Waals surface area contributed by atoms with E-state index in [1.54, 1.807) is 31.4 Å². The molecule has 206 valence electrons. The van der Waals surface area contributed by atoms with Crippen molar-refractivity contribution < 1.29 is 14.3 Å². The number of aromatic amines is 1. The first-order chi connectivity index (χ1) is 19.2. The Morgan fingerprint density at radius 3 is 2.33 bits per heavy atom. The van der Waals surface area contributed by atoms with Crippen molar-refractivity contribution in [3.8, 4) is 28.3 Å². The van der Waals surface area contributed by atoms with E-state index in [9.17, 15) is 9.59 Å². The van der Waals surface area contributed by atoms with Gasteiger partial charge in [-0.2, -0.15) is 0 Å². The van der Waals surface area contributed by atoms with Gasteiger partial charge in [-0.1, -0.05) is 24.3 Å². The van der Waals surface area contributed by atoms with Crippen molar-refractivity contribution in [2.24, 2.45) is 0 Å². The minimum absolute atomic E-state index is 0.0263. The van der Waals surface area contributed by atoms with Gasteiger partial charge in [-0.05, 0) is 80.9 Å². The summed E-state index contributed by atoms with van der Waals surface area (Å²) in [5, 5.41) is 2.92. The molecule has 1 aliphatic rings. The van der Waals surface area contributed by atoms with Crippen molar-refractivity contribution in [1.82, 2.24) is 19.8 Å². The summed E-state index contributed by atoms with van der Waals surface area (Å²) in [6, 6.07) is 19.2. The molecule has 2 amide bonds. The van der Waals surface area contributed by atoms with E-state index in [1.807, 2.05) is 36.1 Å². The Balaban J connectivity index is 1.38. The molecule has 1 saturated heterocycles. The molecule has 8 nitrogen and oxygen atoms in total. The summed E-state index contributed by atoms with van der Waals surface area (Å²) < 4.78 is 5.68. The number of benzene rings is 3. The molecule has 0 bridgehead atoms. The van der Waals surface area contributed by atoms with Crippen LogP contribution in [0.15, 0.2) is 60.7 Å². The number of carbonyl (C=O) groups excluding carboxylic acids is 2. The van der Waals surface area contributed by atoms with Crippen LogP contribution >= 0.6 is 0 Å². The van der Waals surface area contributed by atoms with Crippen LogP contribution < -0.4 is 10.1 Å². The van der Waals surface area contributed by atoms with Gasteiger partial charge in [0, 0.05) is 54.3 Å². The van der Waals surface area contributed by atoms with Gasteiger partial charge in [-0.15, -0.1) is 0 Å². The summed E-state index contributed by atoms with van der Waals surface area (Å²) in [7, 11) is 3.72. The first-order valence-electron chi connectivity index (χ1n) is 13.5. The first kappa shape index (κ1) is 27.1. The molecule has 0 saturated carbocycles. The van der Waals surface area contributed by atoms with Gasteiger partial charge in [0.25, 0.3) is 11.8 Å². The van der Waals surface area contributed by atoms with Gasteiger partial charge < -0.3 is 24.8 Å². The van der Waals surface area contributed by atoms with Crippen LogP contribution in [0.5, 0.6) is 5.75 Å². The van der Waals surface area contributed by atoms with Crippen molar-refractivity contribution in [1.29, 1.82) is 0 Å². The topological polar surface area (TPSA) is 90.6 Å². The zero-order chi connectivity index (χ0) is 28.4. The lowest BCUT2D eigenvalue weighted by Gasteiger charge is -2.32. The van der Waals surface area contributed by atoms with Gasteiger partial charge in [-0.25, -0.2) is 4.98 Å². The van der Waals surface area contributed by atoms with Crippen molar-refractivity contribution >= 4 is 17.5 Å². The summed E-state index contributed by atoms with van der Waals surface area (Å²) >= 11 is 0. The number of nitrogens with zero attached hydrogens (tertiary/aromatic N) is 3. The molecule has 4 aromatic rings. The minimum Gasteiger partial charge on any atom is -0.496 e. The number of nitrogens with one attached hydrogen (secondary N) is 2. The summed E-state index contributed by atoms with van der Waals surface area (Å²) in [6.45, 7) is 9.08. The number of carbonyl (C=O) groups is 2. The molecule has 0 spiro atoms. The third-order valence-electron chi connectivity index (χ3n) is 7.48. The van der Waals surface area contributed by atoms with E-state index in [1.165, 1.54) is 0 Å². The number of methoxy groups -OCH3 is 1. The van der Waals surface area contributed by atoms with Crippen LogP contribution in [-0.4, -0.2) is 71.9 Å². The molecule has 8 heteroatoms. The minimum atomic E-state index is -0.340. The zero-order valence-electron chi connectivity index (χ0n) is 23.7. The van der Waals surface area contributed by atoms with Gasteiger partial charge in [0.1, 0.15) is 17.3 Å². The number of hydrogen-bond acceptors (Lipinski definition) is 5. The molecule has 3 aromatic carbocycles. The predicted molar refractivity (Wildman–Crippen MR) is 158 cm³/mol. The molecule has 0 unspecified atom stereocenters. The van der Waals surface area contributed by atoms with Gasteiger partial charge in [0.05, 0.1) is 7.11 Å². The van der Waals surface area contributed by atoms with Crippen LogP contribution in [0.25, 0.3) is 22.5 Å². The van der Waals surface area contributed by atoms with Crippen LogP contribution in [0.2, 0.25) is 0 Å². The summed E-state index contributed by atoms with van der Waals surface area (Å²) in [4.78, 5) is 38.3. The molecule has 5 rings (SSSR count). The Labute approximate surface area is 235 Å². The van der Waals surface area contributed by atoms with E-state index < -0.39 is 0 Å². The number of H-pyrrole nitrogens is 1. The van der Waals surface area contributed by atoms with Crippen molar-refractivity contribution in [2.45, 2.75) is 20.8 Å². The van der Waals surface area contributed by atoms with E-state index in [-0.39, 0.29) is 11.8 Å². The van der Waals surface area contributed by atoms with E-state index in [2.05, 4.69) is 53.2 Å². The molecule has 2 N–H and O–H groups in total. The van der Waals surface area contributed by atoms with Crippen LogP contribution in [-0.2, 0) is 0 Å². The Bertz CT molecular complexity index is 1550. The van der Waals surface area contributed by atoms with Crippen molar-refractivity contribution in [3.05, 3.63) is 88.7 Å². The molecule has 1 aromatic heterocycles. The maximum Gasteiger partial charge on any atom is 0.276 e. The number of ether oxygens (including phenoxy) is 1. The van der Waals surface area contributed by atoms with E-state index in [4.69, 9.17) is 4.74 Å². The van der Waals surface area contributed by atoms with Gasteiger partial charge in [0.15, 0.2) is 0 Å². The number of rotatable bonds is 6. The smallest absolute Gasteiger partial charge is 0.276 e. The quantitative estimate of drug-likeness (QED) is 0.348. The van der Waals surface area contributed by atoms with Crippen molar-refractivity contribution in [3.63, 3.8) is 0 Å². The molecule has 0 aliphatic carbocycles. The summed E-state index contributed by atoms with van der Waals surface area (Å²) in [5.74, 6) is 1.000. The van der Waals surface area contributed by atoms with Crippen molar-refractivity contribution in [2.75, 3.05) is 45.7 Å². The number of amides is 2. The highest BCUT2D eigenvalue weighted by atomic mass is 16.5. The maximum absolute atomic E-state index is 13.3. The second-order valence-corrected chi connectivity index (χ2v) is 10.4. The Kier molecular flexibility index (Phi) is 7.71. The number of imidazole rings is 1. The summed E-state index contributed by atoms with van der Waals surface area (Å²) in [5.41, 5.74) is 7.30. The molecule has 40 heavy (non-hydrogen) atoms. The number of anilines is 1. The zero-order valence-corrected chi connectivity index (χ0v) is 23.7. The lowest BCUT2D eigenvalue weighted by atomic mass is 9.94. The molecular weight excluding hydrogens is 502 g/mol. The fraction of sp³-hybridized carbons (Fsp3) is 0.281. The Morgan fingerprint density at radius 2 is 1.62 bits per heavy atom.